The van der Waals surface area contributed by atoms with Gasteiger partial charge in [-0.2, -0.15) is 0 Å². The summed E-state index contributed by atoms with van der Waals surface area (Å²) in [6.45, 7) is 7.28. The molecule has 2 heteroatoms. The van der Waals surface area contributed by atoms with Gasteiger partial charge in [0.05, 0.1) is 0 Å². The highest BCUT2D eigenvalue weighted by Gasteiger charge is 2.28. The van der Waals surface area contributed by atoms with Gasteiger partial charge >= 0.3 is 0 Å². The van der Waals surface area contributed by atoms with Crippen molar-refractivity contribution in [2.24, 2.45) is 17.6 Å². The maximum Gasteiger partial charge on any atom is 0.00953 e. The highest BCUT2D eigenvalue weighted by molar-refractivity contribution is 4.84. The number of hydrogen-bond acceptors (Lipinski definition) is 2. The summed E-state index contributed by atoms with van der Waals surface area (Å²) in [4.78, 5) is 2.82. The van der Waals surface area contributed by atoms with Crippen LogP contribution in [0.2, 0.25) is 0 Å². The first-order chi connectivity index (χ1) is 9.66. The van der Waals surface area contributed by atoms with Crippen molar-refractivity contribution in [2.75, 3.05) is 13.1 Å². The van der Waals surface area contributed by atoms with Crippen LogP contribution in [0.1, 0.15) is 78.1 Å². The molecule has 2 N–H and O–H groups in total. The largest absolute Gasteiger partial charge is 0.327 e. The lowest BCUT2D eigenvalue weighted by atomic mass is 9.94. The molecule has 0 amide bonds. The average Bonchev–Trinajstić information content (AvgIpc) is 2.87. The van der Waals surface area contributed by atoms with Gasteiger partial charge in [-0.25, -0.2) is 0 Å². The van der Waals surface area contributed by atoms with Gasteiger partial charge in [0, 0.05) is 18.6 Å². The Kier molecular flexibility index (Phi) is 6.83. The number of nitrogens with zero attached hydrogens (tertiary/aromatic N) is 1. The predicted molar refractivity (Wildman–Crippen MR) is 87.8 cm³/mol. The predicted octanol–water partition coefficient (Wildman–Crippen LogP) is 4.18. The van der Waals surface area contributed by atoms with Crippen molar-refractivity contribution in [2.45, 2.75) is 90.1 Å². The smallest absolute Gasteiger partial charge is 0.00953 e. The third kappa shape index (κ3) is 5.04. The molecule has 118 valence electrons. The van der Waals surface area contributed by atoms with Crippen LogP contribution in [0.4, 0.5) is 0 Å². The van der Waals surface area contributed by atoms with Crippen molar-refractivity contribution < 1.29 is 0 Å². The Hall–Kier alpha value is -0.0800. The summed E-state index contributed by atoms with van der Waals surface area (Å²) in [5.41, 5.74) is 6.46. The normalized spacial score (nSPS) is 29.2. The van der Waals surface area contributed by atoms with Crippen LogP contribution < -0.4 is 5.73 Å². The molecule has 2 saturated carbocycles. The van der Waals surface area contributed by atoms with Gasteiger partial charge in [0.2, 0.25) is 0 Å². The van der Waals surface area contributed by atoms with Gasteiger partial charge in [-0.1, -0.05) is 46.0 Å². The lowest BCUT2D eigenvalue weighted by Crippen LogP contribution is -2.43. The van der Waals surface area contributed by atoms with Crippen LogP contribution in [0.15, 0.2) is 0 Å². The van der Waals surface area contributed by atoms with E-state index in [9.17, 15) is 0 Å². The SMILES string of the molecule is CC(C)CCN(CC1CCCCCC1N)C1CCCC1. The summed E-state index contributed by atoms with van der Waals surface area (Å²) in [7, 11) is 0. The maximum absolute atomic E-state index is 6.46. The van der Waals surface area contributed by atoms with Crippen LogP contribution in [0, 0.1) is 11.8 Å². The zero-order valence-electron chi connectivity index (χ0n) is 13.8. The molecule has 2 fully saturated rings. The van der Waals surface area contributed by atoms with Gasteiger partial charge in [0.25, 0.3) is 0 Å². The molecule has 2 aliphatic carbocycles. The summed E-state index contributed by atoms with van der Waals surface area (Å²) in [6.07, 6.45) is 13.9. The molecule has 2 rings (SSSR count). The molecule has 20 heavy (non-hydrogen) atoms. The van der Waals surface area contributed by atoms with E-state index in [1.165, 1.54) is 77.3 Å². The fourth-order valence-corrected chi connectivity index (χ4v) is 4.06. The molecule has 0 aliphatic heterocycles. The van der Waals surface area contributed by atoms with E-state index in [-0.39, 0.29) is 0 Å². The third-order valence-electron chi connectivity index (χ3n) is 5.52. The maximum atomic E-state index is 6.46. The van der Waals surface area contributed by atoms with Gasteiger partial charge in [0.15, 0.2) is 0 Å². The monoisotopic (exact) mass is 280 g/mol. The lowest BCUT2D eigenvalue weighted by Gasteiger charge is -2.34. The highest BCUT2D eigenvalue weighted by atomic mass is 15.2. The summed E-state index contributed by atoms with van der Waals surface area (Å²) in [6, 6.07) is 1.32. The first kappa shape index (κ1) is 16.3. The van der Waals surface area contributed by atoms with Crippen LogP contribution in [-0.4, -0.2) is 30.1 Å². The Morgan fingerprint density at radius 2 is 1.60 bits per heavy atom. The summed E-state index contributed by atoms with van der Waals surface area (Å²) >= 11 is 0. The molecule has 0 aromatic heterocycles. The van der Waals surface area contributed by atoms with E-state index in [1.54, 1.807) is 0 Å². The van der Waals surface area contributed by atoms with Crippen molar-refractivity contribution in [1.82, 2.24) is 4.90 Å². The Labute approximate surface area is 126 Å². The fourth-order valence-electron chi connectivity index (χ4n) is 4.06. The molecule has 2 aliphatic rings. The number of hydrogen-bond donors (Lipinski definition) is 1. The van der Waals surface area contributed by atoms with E-state index in [4.69, 9.17) is 5.73 Å². The van der Waals surface area contributed by atoms with Gasteiger partial charge in [-0.05, 0) is 50.5 Å². The molecule has 0 radical (unpaired) electrons. The minimum absolute atomic E-state index is 0.459. The summed E-state index contributed by atoms with van der Waals surface area (Å²) < 4.78 is 0. The molecule has 0 aromatic rings. The van der Waals surface area contributed by atoms with Crippen molar-refractivity contribution in [3.8, 4) is 0 Å². The Morgan fingerprint density at radius 3 is 2.30 bits per heavy atom. The van der Waals surface area contributed by atoms with E-state index in [0.29, 0.717) is 6.04 Å². The van der Waals surface area contributed by atoms with E-state index in [2.05, 4.69) is 18.7 Å². The van der Waals surface area contributed by atoms with Crippen molar-refractivity contribution in [3.05, 3.63) is 0 Å². The molecule has 0 heterocycles. The lowest BCUT2D eigenvalue weighted by molar-refractivity contribution is 0.146. The molecular formula is C18H36N2. The van der Waals surface area contributed by atoms with Gasteiger partial charge < -0.3 is 10.6 Å². The Balaban J connectivity index is 1.90. The second-order valence-electron chi connectivity index (χ2n) is 7.68. The van der Waals surface area contributed by atoms with Crippen LogP contribution in [0.3, 0.4) is 0 Å². The first-order valence-corrected chi connectivity index (χ1v) is 9.16. The fraction of sp³-hybridized carbons (Fsp3) is 1.00. The van der Waals surface area contributed by atoms with Gasteiger partial charge in [-0.15, -0.1) is 0 Å². The molecular weight excluding hydrogens is 244 g/mol. The number of nitrogens with two attached hydrogens (primary N) is 1. The van der Waals surface area contributed by atoms with E-state index >= 15 is 0 Å². The van der Waals surface area contributed by atoms with Crippen molar-refractivity contribution in [1.29, 1.82) is 0 Å². The van der Waals surface area contributed by atoms with Crippen LogP contribution >= 0.6 is 0 Å². The Morgan fingerprint density at radius 1 is 0.950 bits per heavy atom. The molecule has 2 nitrogen and oxygen atoms in total. The standard InChI is InChI=1S/C18H36N2/c1-15(2)12-13-20(17-9-6-7-10-17)14-16-8-4-3-5-11-18(16)19/h15-18H,3-14,19H2,1-2H3. The highest BCUT2D eigenvalue weighted by Crippen LogP contribution is 2.28. The minimum atomic E-state index is 0.459. The summed E-state index contributed by atoms with van der Waals surface area (Å²) in [5, 5.41) is 0. The topological polar surface area (TPSA) is 29.3 Å². The quantitative estimate of drug-likeness (QED) is 0.739. The molecule has 2 atom stereocenters. The average molecular weight is 280 g/mol. The molecule has 2 unspecified atom stereocenters. The van der Waals surface area contributed by atoms with Crippen molar-refractivity contribution in [3.63, 3.8) is 0 Å². The van der Waals surface area contributed by atoms with Gasteiger partial charge in [0.1, 0.15) is 0 Å². The second-order valence-corrected chi connectivity index (χ2v) is 7.68. The minimum Gasteiger partial charge on any atom is -0.327 e. The van der Waals surface area contributed by atoms with E-state index in [0.717, 1.165) is 17.9 Å². The van der Waals surface area contributed by atoms with Crippen LogP contribution in [0.25, 0.3) is 0 Å². The zero-order chi connectivity index (χ0) is 14.4. The molecule has 0 saturated heterocycles. The van der Waals surface area contributed by atoms with Crippen LogP contribution in [-0.2, 0) is 0 Å². The van der Waals surface area contributed by atoms with Gasteiger partial charge in [-0.3, -0.25) is 0 Å². The third-order valence-corrected chi connectivity index (χ3v) is 5.52. The molecule has 0 bridgehead atoms. The molecule has 0 aromatic carbocycles. The Bertz CT molecular complexity index is 258. The summed E-state index contributed by atoms with van der Waals surface area (Å²) in [5.74, 6) is 1.58. The van der Waals surface area contributed by atoms with E-state index in [1.807, 2.05) is 0 Å². The van der Waals surface area contributed by atoms with Crippen molar-refractivity contribution >= 4 is 0 Å². The van der Waals surface area contributed by atoms with Crippen LogP contribution in [0.5, 0.6) is 0 Å². The molecule has 0 spiro atoms. The van der Waals surface area contributed by atoms with E-state index < -0.39 is 0 Å². The zero-order valence-corrected chi connectivity index (χ0v) is 13.8. The first-order valence-electron chi connectivity index (χ1n) is 9.16. The number of rotatable bonds is 6. The second kappa shape index (κ2) is 8.38.